The van der Waals surface area contributed by atoms with Crippen LogP contribution < -0.4 is 14.8 Å². The molecule has 1 N–H and O–H groups in total. The summed E-state index contributed by atoms with van der Waals surface area (Å²) in [6, 6.07) is 13.8. The predicted octanol–water partition coefficient (Wildman–Crippen LogP) is 5.63. The summed E-state index contributed by atoms with van der Waals surface area (Å²) in [4.78, 5) is 13.3. The number of hydrogen-bond donors (Lipinski definition) is 1. The first-order chi connectivity index (χ1) is 13.5. The molecule has 4 heteroatoms. The lowest BCUT2D eigenvalue weighted by molar-refractivity contribution is -0.121. The number of methoxy groups -OCH3 is 1. The number of benzene rings is 2. The van der Waals surface area contributed by atoms with Gasteiger partial charge in [0, 0.05) is 5.69 Å². The molecule has 0 heterocycles. The highest BCUT2D eigenvalue weighted by Crippen LogP contribution is 2.42. The van der Waals surface area contributed by atoms with Crippen LogP contribution in [0.3, 0.4) is 0 Å². The van der Waals surface area contributed by atoms with Crippen molar-refractivity contribution in [2.45, 2.75) is 64.4 Å². The van der Waals surface area contributed by atoms with Crippen LogP contribution in [-0.2, 0) is 10.2 Å². The molecule has 28 heavy (non-hydrogen) atoms. The number of rotatable bonds is 7. The molecule has 0 radical (unpaired) electrons. The summed E-state index contributed by atoms with van der Waals surface area (Å²) in [5, 5.41) is 3.16. The van der Waals surface area contributed by atoms with Gasteiger partial charge in [-0.25, -0.2) is 0 Å². The number of amides is 1. The minimum absolute atomic E-state index is 0.0742. The third-order valence-electron chi connectivity index (χ3n) is 5.87. The summed E-state index contributed by atoms with van der Waals surface area (Å²) in [6.07, 6.45) is 5.03. The topological polar surface area (TPSA) is 47.6 Å². The second-order valence-electron chi connectivity index (χ2n) is 7.79. The third-order valence-corrected chi connectivity index (χ3v) is 5.87. The average Bonchev–Trinajstić information content (AvgIpc) is 3.21. The zero-order valence-electron chi connectivity index (χ0n) is 17.4. The molecule has 150 valence electrons. The molecule has 2 aromatic carbocycles. The van der Waals surface area contributed by atoms with Crippen molar-refractivity contribution >= 4 is 11.6 Å². The molecule has 0 spiro atoms. The maximum absolute atomic E-state index is 13.3. The molecule has 0 bridgehead atoms. The van der Waals surface area contributed by atoms with Gasteiger partial charge in [-0.05, 0) is 74.6 Å². The summed E-state index contributed by atoms with van der Waals surface area (Å²) in [7, 11) is 1.66. The van der Waals surface area contributed by atoms with E-state index in [0.29, 0.717) is 0 Å². The van der Waals surface area contributed by atoms with Gasteiger partial charge in [-0.3, -0.25) is 4.79 Å². The minimum Gasteiger partial charge on any atom is -0.497 e. The highest BCUT2D eigenvalue weighted by atomic mass is 16.5. The fourth-order valence-corrected chi connectivity index (χ4v) is 3.95. The molecule has 1 aliphatic carbocycles. The summed E-state index contributed by atoms with van der Waals surface area (Å²) < 4.78 is 11.2. The average molecular weight is 382 g/mol. The largest absolute Gasteiger partial charge is 0.497 e. The Morgan fingerprint density at radius 1 is 1.14 bits per heavy atom. The van der Waals surface area contributed by atoms with Crippen LogP contribution in [0.5, 0.6) is 11.5 Å². The molecule has 0 aliphatic heterocycles. The molecule has 0 aromatic heterocycles. The summed E-state index contributed by atoms with van der Waals surface area (Å²) in [5.41, 5.74) is 2.45. The van der Waals surface area contributed by atoms with Crippen LogP contribution in [0.15, 0.2) is 42.5 Å². The van der Waals surface area contributed by atoms with Crippen LogP contribution in [0.4, 0.5) is 5.69 Å². The molecule has 1 aliphatic rings. The number of anilines is 1. The standard InChI is InChI=1S/C24H31NO3/c1-5-18(3)28-22-13-10-20(16-17(22)2)25-23(26)24(14-6-7-15-24)19-8-11-21(27-4)12-9-19/h8-13,16,18H,5-7,14-15H2,1-4H3,(H,25,26). The zero-order valence-corrected chi connectivity index (χ0v) is 17.4. The van der Waals surface area contributed by atoms with Crippen molar-refractivity contribution in [3.05, 3.63) is 53.6 Å². The molecule has 4 nitrogen and oxygen atoms in total. The van der Waals surface area contributed by atoms with E-state index in [4.69, 9.17) is 9.47 Å². The monoisotopic (exact) mass is 381 g/mol. The number of nitrogens with one attached hydrogen (secondary N) is 1. The van der Waals surface area contributed by atoms with Crippen molar-refractivity contribution in [1.82, 2.24) is 0 Å². The van der Waals surface area contributed by atoms with Gasteiger partial charge in [-0.15, -0.1) is 0 Å². The summed E-state index contributed by atoms with van der Waals surface area (Å²) in [5.74, 6) is 1.76. The smallest absolute Gasteiger partial charge is 0.235 e. The van der Waals surface area contributed by atoms with Gasteiger partial charge < -0.3 is 14.8 Å². The maximum atomic E-state index is 13.3. The second-order valence-corrected chi connectivity index (χ2v) is 7.79. The minimum atomic E-state index is -0.466. The van der Waals surface area contributed by atoms with Crippen LogP contribution in [0.2, 0.25) is 0 Å². The van der Waals surface area contributed by atoms with Crippen molar-refractivity contribution in [2.24, 2.45) is 0 Å². The lowest BCUT2D eigenvalue weighted by Crippen LogP contribution is -2.38. The Bertz CT molecular complexity index is 807. The van der Waals surface area contributed by atoms with E-state index in [-0.39, 0.29) is 12.0 Å². The van der Waals surface area contributed by atoms with Gasteiger partial charge >= 0.3 is 0 Å². The van der Waals surface area contributed by atoms with Gasteiger partial charge in [0.2, 0.25) is 5.91 Å². The quantitative estimate of drug-likeness (QED) is 0.676. The van der Waals surface area contributed by atoms with Crippen LogP contribution in [0.1, 0.15) is 57.1 Å². The third kappa shape index (κ3) is 4.16. The Morgan fingerprint density at radius 2 is 1.82 bits per heavy atom. The maximum Gasteiger partial charge on any atom is 0.235 e. The molecule has 1 unspecified atom stereocenters. The molecular formula is C24H31NO3. The fraction of sp³-hybridized carbons (Fsp3) is 0.458. The lowest BCUT2D eigenvalue weighted by atomic mass is 9.78. The molecular weight excluding hydrogens is 350 g/mol. The van der Waals surface area contributed by atoms with Crippen molar-refractivity contribution in [2.75, 3.05) is 12.4 Å². The molecule has 0 saturated heterocycles. The van der Waals surface area contributed by atoms with E-state index in [0.717, 1.165) is 60.4 Å². The number of carbonyl (C=O) groups is 1. The van der Waals surface area contributed by atoms with E-state index >= 15 is 0 Å². The van der Waals surface area contributed by atoms with Crippen molar-refractivity contribution in [1.29, 1.82) is 0 Å². The van der Waals surface area contributed by atoms with E-state index in [2.05, 4.69) is 19.2 Å². The van der Waals surface area contributed by atoms with Gasteiger partial charge in [-0.2, -0.15) is 0 Å². The van der Waals surface area contributed by atoms with Crippen LogP contribution in [0, 0.1) is 6.92 Å². The van der Waals surface area contributed by atoms with Crippen LogP contribution in [-0.4, -0.2) is 19.1 Å². The number of carbonyl (C=O) groups excluding carboxylic acids is 1. The normalized spacial score (nSPS) is 16.4. The van der Waals surface area contributed by atoms with E-state index in [9.17, 15) is 4.79 Å². The molecule has 1 amide bonds. The van der Waals surface area contributed by atoms with Gasteiger partial charge in [0.15, 0.2) is 0 Å². The first kappa shape index (κ1) is 20.2. The van der Waals surface area contributed by atoms with Crippen molar-refractivity contribution < 1.29 is 14.3 Å². The Morgan fingerprint density at radius 3 is 2.39 bits per heavy atom. The number of ether oxygens (including phenoxy) is 2. The molecule has 1 atom stereocenters. The van der Waals surface area contributed by atoms with Gasteiger partial charge in [0.25, 0.3) is 0 Å². The first-order valence-corrected chi connectivity index (χ1v) is 10.2. The first-order valence-electron chi connectivity index (χ1n) is 10.2. The highest BCUT2D eigenvalue weighted by molar-refractivity contribution is 5.99. The lowest BCUT2D eigenvalue weighted by Gasteiger charge is -2.28. The van der Waals surface area contributed by atoms with Crippen LogP contribution in [0.25, 0.3) is 0 Å². The van der Waals surface area contributed by atoms with Gasteiger partial charge in [0.05, 0.1) is 18.6 Å². The highest BCUT2D eigenvalue weighted by Gasteiger charge is 2.42. The molecule has 2 aromatic rings. The van der Waals surface area contributed by atoms with Crippen molar-refractivity contribution in [3.63, 3.8) is 0 Å². The Balaban J connectivity index is 1.80. The Hall–Kier alpha value is -2.49. The predicted molar refractivity (Wildman–Crippen MR) is 113 cm³/mol. The molecule has 1 fully saturated rings. The van der Waals surface area contributed by atoms with E-state index < -0.39 is 5.41 Å². The van der Waals surface area contributed by atoms with E-state index in [1.807, 2.05) is 49.4 Å². The summed E-state index contributed by atoms with van der Waals surface area (Å²) >= 11 is 0. The van der Waals surface area contributed by atoms with Gasteiger partial charge in [-0.1, -0.05) is 31.9 Å². The zero-order chi connectivity index (χ0) is 20.1. The van der Waals surface area contributed by atoms with Crippen molar-refractivity contribution in [3.8, 4) is 11.5 Å². The summed E-state index contributed by atoms with van der Waals surface area (Å²) in [6.45, 7) is 6.19. The Kier molecular flexibility index (Phi) is 6.28. The molecule has 1 saturated carbocycles. The molecule has 3 rings (SSSR count). The SMILES string of the molecule is CCC(C)Oc1ccc(NC(=O)C2(c3ccc(OC)cc3)CCCC2)cc1C. The Labute approximate surface area is 168 Å². The number of hydrogen-bond acceptors (Lipinski definition) is 3. The van der Waals surface area contributed by atoms with E-state index in [1.54, 1.807) is 7.11 Å². The van der Waals surface area contributed by atoms with Crippen LogP contribution >= 0.6 is 0 Å². The van der Waals surface area contributed by atoms with E-state index in [1.165, 1.54) is 0 Å². The fourth-order valence-electron chi connectivity index (χ4n) is 3.95. The second kappa shape index (κ2) is 8.68. The number of aryl methyl sites for hydroxylation is 1. The van der Waals surface area contributed by atoms with Gasteiger partial charge in [0.1, 0.15) is 11.5 Å².